The van der Waals surface area contributed by atoms with E-state index in [-0.39, 0.29) is 12.6 Å². The van der Waals surface area contributed by atoms with Crippen molar-refractivity contribution in [1.82, 2.24) is 5.32 Å². The SMILES string of the molecule is COc1ccc(CNC(=O)Nc2cccc(OCC#N)c2)cc1OC. The highest BCUT2D eigenvalue weighted by Crippen LogP contribution is 2.27. The van der Waals surface area contributed by atoms with E-state index in [1.165, 1.54) is 0 Å². The van der Waals surface area contributed by atoms with Gasteiger partial charge in [-0.05, 0) is 29.8 Å². The molecule has 0 heterocycles. The van der Waals surface area contributed by atoms with Gasteiger partial charge in [0.05, 0.1) is 14.2 Å². The van der Waals surface area contributed by atoms with Gasteiger partial charge in [0.2, 0.25) is 0 Å². The van der Waals surface area contributed by atoms with Gasteiger partial charge in [-0.1, -0.05) is 12.1 Å². The van der Waals surface area contributed by atoms with Crippen LogP contribution in [0.2, 0.25) is 0 Å². The second-order valence-electron chi connectivity index (χ2n) is 4.97. The summed E-state index contributed by atoms with van der Waals surface area (Å²) in [5.41, 5.74) is 1.44. The Balaban J connectivity index is 1.91. The third-order valence-corrected chi connectivity index (χ3v) is 3.30. The van der Waals surface area contributed by atoms with Crippen LogP contribution in [0.1, 0.15) is 5.56 Å². The van der Waals surface area contributed by atoms with Crippen LogP contribution < -0.4 is 24.8 Å². The molecule has 7 nitrogen and oxygen atoms in total. The Morgan fingerprint density at radius 2 is 1.92 bits per heavy atom. The number of nitrogens with one attached hydrogen (secondary N) is 2. The largest absolute Gasteiger partial charge is 0.493 e. The molecule has 0 aliphatic rings. The van der Waals surface area contributed by atoms with Crippen molar-refractivity contribution in [1.29, 1.82) is 5.26 Å². The van der Waals surface area contributed by atoms with E-state index in [1.54, 1.807) is 50.6 Å². The molecule has 0 atom stereocenters. The zero-order chi connectivity index (χ0) is 18.1. The van der Waals surface area contributed by atoms with E-state index in [0.717, 1.165) is 5.56 Å². The van der Waals surface area contributed by atoms with Crippen molar-refractivity contribution >= 4 is 11.7 Å². The van der Waals surface area contributed by atoms with E-state index in [9.17, 15) is 4.79 Å². The minimum absolute atomic E-state index is 0.0467. The second kappa shape index (κ2) is 9.03. The average molecular weight is 341 g/mol. The summed E-state index contributed by atoms with van der Waals surface area (Å²) in [6, 6.07) is 13.8. The molecule has 7 heteroatoms. The Bertz CT molecular complexity index is 771. The molecular weight excluding hydrogens is 322 g/mol. The highest BCUT2D eigenvalue weighted by molar-refractivity contribution is 5.89. The molecule has 0 unspecified atom stereocenters. The smallest absolute Gasteiger partial charge is 0.319 e. The van der Waals surface area contributed by atoms with E-state index in [4.69, 9.17) is 19.5 Å². The molecule has 0 bridgehead atoms. The molecule has 2 rings (SSSR count). The monoisotopic (exact) mass is 341 g/mol. The van der Waals surface area contributed by atoms with Crippen LogP contribution in [-0.4, -0.2) is 26.9 Å². The molecule has 0 fully saturated rings. The quantitative estimate of drug-likeness (QED) is 0.808. The fourth-order valence-corrected chi connectivity index (χ4v) is 2.13. The number of benzene rings is 2. The highest BCUT2D eigenvalue weighted by atomic mass is 16.5. The van der Waals surface area contributed by atoms with Gasteiger partial charge in [0, 0.05) is 18.3 Å². The summed E-state index contributed by atoms with van der Waals surface area (Å²) in [5, 5.41) is 14.0. The minimum Gasteiger partial charge on any atom is -0.493 e. The van der Waals surface area contributed by atoms with Crippen LogP contribution >= 0.6 is 0 Å². The van der Waals surface area contributed by atoms with Crippen molar-refractivity contribution in [3.63, 3.8) is 0 Å². The third-order valence-electron chi connectivity index (χ3n) is 3.30. The van der Waals surface area contributed by atoms with Crippen molar-refractivity contribution in [2.45, 2.75) is 6.54 Å². The average Bonchev–Trinajstić information content (AvgIpc) is 2.64. The van der Waals surface area contributed by atoms with Crippen LogP contribution in [0.25, 0.3) is 0 Å². The number of amides is 2. The molecule has 0 radical (unpaired) electrons. The van der Waals surface area contributed by atoms with Crippen molar-refractivity contribution in [3.8, 4) is 23.3 Å². The van der Waals surface area contributed by atoms with E-state index in [1.807, 2.05) is 12.1 Å². The fourth-order valence-electron chi connectivity index (χ4n) is 2.13. The number of methoxy groups -OCH3 is 2. The minimum atomic E-state index is -0.354. The number of rotatable bonds is 7. The number of hydrogen-bond donors (Lipinski definition) is 2. The Morgan fingerprint density at radius 3 is 2.64 bits per heavy atom. The zero-order valence-electron chi connectivity index (χ0n) is 14.0. The van der Waals surface area contributed by atoms with Crippen LogP contribution in [0.4, 0.5) is 10.5 Å². The van der Waals surface area contributed by atoms with Crippen LogP contribution in [0.3, 0.4) is 0 Å². The van der Waals surface area contributed by atoms with Gasteiger partial charge in [-0.3, -0.25) is 0 Å². The number of nitriles is 1. The van der Waals surface area contributed by atoms with Gasteiger partial charge in [0.1, 0.15) is 11.8 Å². The first-order chi connectivity index (χ1) is 12.2. The number of carbonyl (C=O) groups is 1. The number of ether oxygens (including phenoxy) is 3. The van der Waals surface area contributed by atoms with Gasteiger partial charge in [0.25, 0.3) is 0 Å². The van der Waals surface area contributed by atoms with E-state index >= 15 is 0 Å². The van der Waals surface area contributed by atoms with Crippen LogP contribution in [-0.2, 0) is 6.54 Å². The van der Waals surface area contributed by atoms with Crippen molar-refractivity contribution in [2.75, 3.05) is 26.1 Å². The highest BCUT2D eigenvalue weighted by Gasteiger charge is 2.07. The Labute approximate surface area is 146 Å². The maximum Gasteiger partial charge on any atom is 0.319 e. The van der Waals surface area contributed by atoms with E-state index in [0.29, 0.717) is 29.5 Å². The molecule has 25 heavy (non-hydrogen) atoms. The molecule has 0 saturated carbocycles. The molecule has 2 N–H and O–H groups in total. The topological polar surface area (TPSA) is 92.6 Å². The Hall–Kier alpha value is -3.40. The lowest BCUT2D eigenvalue weighted by Gasteiger charge is -2.11. The summed E-state index contributed by atoms with van der Waals surface area (Å²) in [7, 11) is 3.13. The molecule has 2 aromatic carbocycles. The normalized spacial score (nSPS) is 9.64. The fraction of sp³-hybridized carbons (Fsp3) is 0.222. The van der Waals surface area contributed by atoms with Crippen molar-refractivity contribution in [3.05, 3.63) is 48.0 Å². The lowest BCUT2D eigenvalue weighted by molar-refractivity contribution is 0.251. The summed E-state index contributed by atoms with van der Waals surface area (Å²) >= 11 is 0. The number of urea groups is 1. The first-order valence-electron chi connectivity index (χ1n) is 7.52. The van der Waals surface area contributed by atoms with Gasteiger partial charge >= 0.3 is 6.03 Å². The molecule has 130 valence electrons. The van der Waals surface area contributed by atoms with Crippen LogP contribution in [0.5, 0.6) is 17.2 Å². The maximum absolute atomic E-state index is 12.0. The maximum atomic E-state index is 12.0. The van der Waals surface area contributed by atoms with Gasteiger partial charge in [-0.15, -0.1) is 0 Å². The van der Waals surface area contributed by atoms with Gasteiger partial charge in [-0.2, -0.15) is 5.26 Å². The van der Waals surface area contributed by atoms with Gasteiger partial charge in [-0.25, -0.2) is 4.79 Å². The second-order valence-corrected chi connectivity index (χ2v) is 4.97. The number of nitrogens with zero attached hydrogens (tertiary/aromatic N) is 1. The molecule has 0 aliphatic carbocycles. The zero-order valence-corrected chi connectivity index (χ0v) is 14.0. The Morgan fingerprint density at radius 1 is 1.12 bits per heavy atom. The molecule has 0 aromatic heterocycles. The summed E-state index contributed by atoms with van der Waals surface area (Å²) in [6.07, 6.45) is 0. The molecule has 0 spiro atoms. The van der Waals surface area contributed by atoms with Gasteiger partial charge in [0.15, 0.2) is 18.1 Å². The Kier molecular flexibility index (Phi) is 6.48. The lowest BCUT2D eigenvalue weighted by Crippen LogP contribution is -2.28. The summed E-state index contributed by atoms with van der Waals surface area (Å²) < 4.78 is 15.6. The summed E-state index contributed by atoms with van der Waals surface area (Å²) in [6.45, 7) is 0.283. The molecule has 0 aliphatic heterocycles. The van der Waals surface area contributed by atoms with Crippen molar-refractivity contribution in [2.24, 2.45) is 0 Å². The third kappa shape index (κ3) is 5.32. The number of hydrogen-bond acceptors (Lipinski definition) is 5. The molecule has 2 amide bonds. The number of carbonyl (C=O) groups excluding carboxylic acids is 1. The first-order valence-corrected chi connectivity index (χ1v) is 7.52. The van der Waals surface area contributed by atoms with Crippen LogP contribution in [0, 0.1) is 11.3 Å². The van der Waals surface area contributed by atoms with Crippen molar-refractivity contribution < 1.29 is 19.0 Å². The summed E-state index contributed by atoms with van der Waals surface area (Å²) in [4.78, 5) is 12.0. The van der Waals surface area contributed by atoms with Gasteiger partial charge < -0.3 is 24.8 Å². The van der Waals surface area contributed by atoms with E-state index in [2.05, 4.69) is 10.6 Å². The summed E-state index contributed by atoms with van der Waals surface area (Å²) in [5.74, 6) is 1.74. The van der Waals surface area contributed by atoms with E-state index < -0.39 is 0 Å². The molecule has 2 aromatic rings. The standard InChI is InChI=1S/C18H19N3O4/c1-23-16-7-6-13(10-17(16)24-2)12-20-18(22)21-14-4-3-5-15(11-14)25-9-8-19/h3-7,10-11H,9,12H2,1-2H3,(H2,20,21,22). The predicted octanol–water partition coefficient (Wildman–Crippen LogP) is 2.93. The first kappa shape index (κ1) is 17.9. The predicted molar refractivity (Wildman–Crippen MR) is 93.0 cm³/mol. The molecule has 0 saturated heterocycles. The lowest BCUT2D eigenvalue weighted by atomic mass is 10.2. The molecular formula is C18H19N3O4. The number of anilines is 1. The van der Waals surface area contributed by atoms with Crippen LogP contribution in [0.15, 0.2) is 42.5 Å².